The Labute approximate surface area is 298 Å². The molecule has 0 aliphatic heterocycles. The van der Waals surface area contributed by atoms with E-state index in [-0.39, 0.29) is 21.7 Å². The Morgan fingerprint density at radius 2 is 1.10 bits per heavy atom. The quantitative estimate of drug-likeness (QED) is 0.205. The molecule has 0 aliphatic rings. The summed E-state index contributed by atoms with van der Waals surface area (Å²) in [6.45, 7) is 27.2. The Balaban J connectivity index is 1.48. The standard InChI is InChI=1S/C46H52N4/c1-43(2,3)31-13-16-37-30(22-31)25-41(48-37)50-40-18-14-32(44(4,5)6)26-36(40)35-15-17-38(49-42(35)50)28-21-29(24-34(23-28)46(10,11)12)39-27-33(19-20-47-39)45(7,8)9/h13-27,48H,1-12H3. The molecule has 0 bridgehead atoms. The lowest BCUT2D eigenvalue weighted by Gasteiger charge is -2.22. The molecule has 0 spiro atoms. The van der Waals surface area contributed by atoms with Gasteiger partial charge in [-0.3, -0.25) is 9.55 Å². The summed E-state index contributed by atoms with van der Waals surface area (Å²) in [6.07, 6.45) is 1.94. The molecule has 0 atom stereocenters. The van der Waals surface area contributed by atoms with E-state index < -0.39 is 0 Å². The molecule has 3 aromatic carbocycles. The van der Waals surface area contributed by atoms with E-state index in [9.17, 15) is 0 Å². The first-order chi connectivity index (χ1) is 23.3. The molecule has 0 fully saturated rings. The molecule has 1 N–H and O–H groups in total. The maximum atomic E-state index is 5.52. The first kappa shape index (κ1) is 33.8. The van der Waals surface area contributed by atoms with E-state index >= 15 is 0 Å². The van der Waals surface area contributed by atoms with Gasteiger partial charge >= 0.3 is 0 Å². The molecule has 0 unspecified atom stereocenters. The van der Waals surface area contributed by atoms with Crippen LogP contribution in [0, 0.1) is 0 Å². The van der Waals surface area contributed by atoms with Crippen LogP contribution in [-0.4, -0.2) is 19.5 Å². The molecule has 0 saturated carbocycles. The molecular weight excluding hydrogens is 609 g/mol. The molecule has 0 radical (unpaired) electrons. The van der Waals surface area contributed by atoms with E-state index in [1.54, 1.807) is 0 Å². The van der Waals surface area contributed by atoms with E-state index in [0.29, 0.717) is 0 Å². The molecule has 4 aromatic heterocycles. The van der Waals surface area contributed by atoms with Crippen molar-refractivity contribution in [2.24, 2.45) is 0 Å². The second-order valence-corrected chi connectivity index (χ2v) is 18.3. The van der Waals surface area contributed by atoms with Gasteiger partial charge in [-0.05, 0) is 117 Å². The first-order valence-electron chi connectivity index (χ1n) is 18.0. The monoisotopic (exact) mass is 660 g/mol. The number of aromatic nitrogens is 4. The number of pyridine rings is 2. The topological polar surface area (TPSA) is 46.5 Å². The number of nitrogens with zero attached hydrogens (tertiary/aromatic N) is 3. The van der Waals surface area contributed by atoms with Gasteiger partial charge in [0.15, 0.2) is 0 Å². The van der Waals surface area contributed by atoms with Gasteiger partial charge < -0.3 is 4.98 Å². The molecule has 0 aliphatic carbocycles. The molecule has 0 amide bonds. The van der Waals surface area contributed by atoms with E-state index in [4.69, 9.17) is 9.97 Å². The van der Waals surface area contributed by atoms with Crippen LogP contribution in [0.4, 0.5) is 0 Å². The minimum absolute atomic E-state index is 0.0303. The Morgan fingerprint density at radius 1 is 0.500 bits per heavy atom. The highest BCUT2D eigenvalue weighted by Crippen LogP contribution is 2.39. The van der Waals surface area contributed by atoms with Gasteiger partial charge in [0.1, 0.15) is 11.5 Å². The highest BCUT2D eigenvalue weighted by Gasteiger charge is 2.23. The van der Waals surface area contributed by atoms with Crippen molar-refractivity contribution in [1.29, 1.82) is 0 Å². The first-order valence-corrected chi connectivity index (χ1v) is 18.0. The van der Waals surface area contributed by atoms with E-state index in [1.165, 1.54) is 33.0 Å². The van der Waals surface area contributed by atoms with Crippen LogP contribution in [-0.2, 0) is 21.7 Å². The fourth-order valence-corrected chi connectivity index (χ4v) is 6.88. The third-order valence-electron chi connectivity index (χ3n) is 10.2. The summed E-state index contributed by atoms with van der Waals surface area (Å²) < 4.78 is 2.32. The van der Waals surface area contributed by atoms with Crippen LogP contribution in [0.5, 0.6) is 0 Å². The predicted octanol–water partition coefficient (Wildman–Crippen LogP) is 12.6. The van der Waals surface area contributed by atoms with E-state index in [2.05, 4.69) is 178 Å². The molecule has 256 valence electrons. The van der Waals surface area contributed by atoms with Crippen molar-refractivity contribution in [3.05, 3.63) is 113 Å². The Bertz CT molecular complexity index is 2410. The van der Waals surface area contributed by atoms with Gasteiger partial charge in [-0.25, -0.2) is 4.98 Å². The molecule has 4 heterocycles. The Morgan fingerprint density at radius 3 is 1.76 bits per heavy atom. The van der Waals surface area contributed by atoms with Crippen molar-refractivity contribution in [2.75, 3.05) is 0 Å². The fourth-order valence-electron chi connectivity index (χ4n) is 6.88. The summed E-state index contributed by atoms with van der Waals surface area (Å²) in [6, 6.07) is 31.7. The molecule has 0 saturated heterocycles. The van der Waals surface area contributed by atoms with Crippen LogP contribution in [0.2, 0.25) is 0 Å². The Hall–Kier alpha value is -4.70. The van der Waals surface area contributed by atoms with Gasteiger partial charge in [-0.15, -0.1) is 0 Å². The normalized spacial score (nSPS) is 13.2. The number of H-pyrrole nitrogens is 1. The van der Waals surface area contributed by atoms with Crippen molar-refractivity contribution >= 4 is 32.8 Å². The summed E-state index contributed by atoms with van der Waals surface area (Å²) >= 11 is 0. The number of rotatable bonds is 3. The lowest BCUT2D eigenvalue weighted by atomic mass is 9.83. The lowest BCUT2D eigenvalue weighted by Crippen LogP contribution is -2.12. The number of benzene rings is 3. The summed E-state index contributed by atoms with van der Waals surface area (Å²) in [4.78, 5) is 14.1. The van der Waals surface area contributed by atoms with Crippen LogP contribution >= 0.6 is 0 Å². The molecule has 4 heteroatoms. The maximum absolute atomic E-state index is 5.52. The summed E-state index contributed by atoms with van der Waals surface area (Å²) in [5.41, 5.74) is 12.6. The van der Waals surface area contributed by atoms with Crippen LogP contribution in [0.3, 0.4) is 0 Å². The highest BCUT2D eigenvalue weighted by molar-refractivity contribution is 6.09. The largest absolute Gasteiger partial charge is 0.341 e. The number of fused-ring (bicyclic) bond motifs is 4. The summed E-state index contributed by atoms with van der Waals surface area (Å²) in [7, 11) is 0. The Kier molecular flexibility index (Phi) is 7.71. The molecule has 4 nitrogen and oxygen atoms in total. The minimum atomic E-state index is -0.0506. The molecule has 7 aromatic rings. The van der Waals surface area contributed by atoms with E-state index in [0.717, 1.165) is 50.4 Å². The van der Waals surface area contributed by atoms with Gasteiger partial charge in [0.25, 0.3) is 0 Å². The van der Waals surface area contributed by atoms with Crippen molar-refractivity contribution in [3.63, 3.8) is 0 Å². The molecule has 7 rings (SSSR count). The van der Waals surface area contributed by atoms with Crippen molar-refractivity contribution in [1.82, 2.24) is 19.5 Å². The number of hydrogen-bond acceptors (Lipinski definition) is 2. The fraction of sp³-hybridized carbons (Fsp3) is 0.348. The average molecular weight is 661 g/mol. The van der Waals surface area contributed by atoms with Crippen molar-refractivity contribution < 1.29 is 0 Å². The zero-order valence-corrected chi connectivity index (χ0v) is 32.0. The lowest BCUT2D eigenvalue weighted by molar-refractivity contribution is 0.588. The van der Waals surface area contributed by atoms with E-state index in [1.807, 2.05) is 6.20 Å². The van der Waals surface area contributed by atoms with Crippen LogP contribution in [0.25, 0.3) is 61.2 Å². The summed E-state index contributed by atoms with van der Waals surface area (Å²) in [5, 5.41) is 3.57. The number of nitrogens with one attached hydrogen (secondary N) is 1. The van der Waals surface area contributed by atoms with Gasteiger partial charge in [0, 0.05) is 39.0 Å². The maximum Gasteiger partial charge on any atom is 0.147 e. The highest BCUT2D eigenvalue weighted by atomic mass is 15.1. The predicted molar refractivity (Wildman–Crippen MR) is 214 cm³/mol. The van der Waals surface area contributed by atoms with Crippen molar-refractivity contribution in [2.45, 2.75) is 105 Å². The van der Waals surface area contributed by atoms with Crippen molar-refractivity contribution in [3.8, 4) is 28.3 Å². The van der Waals surface area contributed by atoms with Crippen LogP contribution < -0.4 is 0 Å². The minimum Gasteiger partial charge on any atom is -0.341 e. The average Bonchev–Trinajstić information content (AvgIpc) is 3.60. The van der Waals surface area contributed by atoms with Crippen LogP contribution in [0.15, 0.2) is 91.1 Å². The van der Waals surface area contributed by atoms with Crippen LogP contribution in [0.1, 0.15) is 105 Å². The number of hydrogen-bond donors (Lipinski definition) is 1. The zero-order valence-electron chi connectivity index (χ0n) is 32.0. The third kappa shape index (κ3) is 6.14. The van der Waals surface area contributed by atoms with Gasteiger partial charge in [0.2, 0.25) is 0 Å². The SMILES string of the molecule is CC(C)(C)c1cc(-c2cc(C(C)(C)C)ccn2)cc(-c2ccc3c4cc(C(C)(C)C)ccc4n(-c4cc5cc(C(C)(C)C)ccc5[nH]4)c3n2)c1. The molecule has 50 heavy (non-hydrogen) atoms. The van der Waals surface area contributed by atoms with Gasteiger partial charge in [0.05, 0.1) is 16.9 Å². The zero-order chi connectivity index (χ0) is 36.0. The second-order valence-electron chi connectivity index (χ2n) is 18.3. The number of aromatic amines is 1. The smallest absolute Gasteiger partial charge is 0.147 e. The second kappa shape index (κ2) is 11.4. The molecular formula is C46H52N4. The van der Waals surface area contributed by atoms with Gasteiger partial charge in [-0.1, -0.05) is 95.2 Å². The third-order valence-corrected chi connectivity index (χ3v) is 10.2. The van der Waals surface area contributed by atoms with Gasteiger partial charge in [-0.2, -0.15) is 0 Å². The summed E-state index contributed by atoms with van der Waals surface area (Å²) in [5.74, 6) is 1.02.